The van der Waals surface area contributed by atoms with Crippen LogP contribution in [-0.2, 0) is 15.9 Å². The highest BCUT2D eigenvalue weighted by Crippen LogP contribution is 2.58. The van der Waals surface area contributed by atoms with Gasteiger partial charge in [-0.2, -0.15) is 18.3 Å². The van der Waals surface area contributed by atoms with E-state index in [0.29, 0.717) is 11.4 Å². The maximum atomic E-state index is 12.6. The summed E-state index contributed by atoms with van der Waals surface area (Å²) in [6.07, 6.45) is -1.83. The molecule has 0 radical (unpaired) electrons. The fourth-order valence-corrected chi connectivity index (χ4v) is 3.59. The van der Waals surface area contributed by atoms with Crippen LogP contribution in [0.4, 0.5) is 13.2 Å². The van der Waals surface area contributed by atoms with Crippen LogP contribution in [-0.4, -0.2) is 34.3 Å². The summed E-state index contributed by atoms with van der Waals surface area (Å²) >= 11 is 0. The van der Waals surface area contributed by atoms with Crippen LogP contribution in [0.1, 0.15) is 45.6 Å². The van der Waals surface area contributed by atoms with E-state index in [1.165, 1.54) is 6.20 Å². The van der Waals surface area contributed by atoms with Crippen molar-refractivity contribution < 1.29 is 22.5 Å². The maximum absolute atomic E-state index is 12.6. The zero-order chi connectivity index (χ0) is 18.9. The molecule has 1 aromatic carbocycles. The summed E-state index contributed by atoms with van der Waals surface area (Å²) < 4.78 is 51.1. The third-order valence-electron chi connectivity index (χ3n) is 5.88. The molecule has 1 saturated heterocycles. The molecule has 1 saturated carbocycles. The lowest BCUT2D eigenvalue weighted by molar-refractivity contribution is -0.141. The van der Waals surface area contributed by atoms with Crippen LogP contribution in [0, 0.1) is 0 Å². The van der Waals surface area contributed by atoms with Crippen molar-refractivity contribution in [1.29, 1.82) is 0 Å². The number of fused-ring (bicyclic) bond motifs is 1. The molecule has 2 atom stereocenters. The SMILES string of the molecule is CC1(C)OB([C@H]2C[C@@H]2c2ccc3c(cnn3CC(F)(F)F)c2)OC1(C)C. The van der Waals surface area contributed by atoms with Crippen LogP contribution in [0.2, 0.25) is 5.82 Å². The summed E-state index contributed by atoms with van der Waals surface area (Å²) in [7, 11) is -0.242. The molecule has 26 heavy (non-hydrogen) atoms. The standard InChI is InChI=1S/C18H22BF3N2O2/c1-16(2)17(3,4)26-19(25-16)14-8-13(14)11-5-6-15-12(7-11)9-23-24(15)10-18(20,21)22/h5-7,9,13-14H,8,10H2,1-4H3/t13-,14+/m1/s1. The quantitative estimate of drug-likeness (QED) is 0.748. The lowest BCUT2D eigenvalue weighted by Crippen LogP contribution is -2.41. The van der Waals surface area contributed by atoms with Gasteiger partial charge in [-0.1, -0.05) is 6.07 Å². The first-order chi connectivity index (χ1) is 12.0. The monoisotopic (exact) mass is 366 g/mol. The first-order valence-electron chi connectivity index (χ1n) is 8.85. The number of hydrogen-bond donors (Lipinski definition) is 0. The van der Waals surface area contributed by atoms with E-state index in [2.05, 4.69) is 5.10 Å². The van der Waals surface area contributed by atoms with E-state index in [1.54, 1.807) is 6.07 Å². The first kappa shape index (κ1) is 17.9. The van der Waals surface area contributed by atoms with Crippen LogP contribution < -0.4 is 0 Å². The van der Waals surface area contributed by atoms with Gasteiger partial charge in [0.1, 0.15) is 6.54 Å². The first-order valence-corrected chi connectivity index (χ1v) is 8.85. The Morgan fingerprint density at radius 3 is 2.46 bits per heavy atom. The fraction of sp³-hybridized carbons (Fsp3) is 0.611. The third kappa shape index (κ3) is 3.03. The van der Waals surface area contributed by atoms with E-state index < -0.39 is 12.7 Å². The molecule has 8 heteroatoms. The number of aromatic nitrogens is 2. The van der Waals surface area contributed by atoms with E-state index in [0.717, 1.165) is 22.1 Å². The number of nitrogens with zero attached hydrogens (tertiary/aromatic N) is 2. The van der Waals surface area contributed by atoms with Gasteiger partial charge in [0.2, 0.25) is 0 Å². The second-order valence-electron chi connectivity index (χ2n) is 8.37. The van der Waals surface area contributed by atoms with E-state index >= 15 is 0 Å². The molecule has 2 aliphatic rings. The van der Waals surface area contributed by atoms with Gasteiger partial charge in [-0.15, -0.1) is 0 Å². The van der Waals surface area contributed by atoms with Crippen molar-refractivity contribution in [1.82, 2.24) is 9.78 Å². The number of alkyl halides is 3. The molecule has 0 unspecified atom stereocenters. The number of hydrogen-bond acceptors (Lipinski definition) is 3. The molecule has 2 aromatic rings. The van der Waals surface area contributed by atoms with Crippen molar-refractivity contribution in [3.05, 3.63) is 30.0 Å². The Kier molecular flexibility index (Phi) is 3.77. The van der Waals surface area contributed by atoms with Crippen molar-refractivity contribution >= 4 is 18.0 Å². The summed E-state index contributed by atoms with van der Waals surface area (Å²) in [4.78, 5) is 0. The Morgan fingerprint density at radius 1 is 1.19 bits per heavy atom. The fourth-order valence-electron chi connectivity index (χ4n) is 3.59. The highest BCUT2D eigenvalue weighted by Gasteiger charge is 2.59. The summed E-state index contributed by atoms with van der Waals surface area (Å²) in [6.45, 7) is 7.06. The van der Waals surface area contributed by atoms with Gasteiger partial charge >= 0.3 is 13.3 Å². The topological polar surface area (TPSA) is 36.3 Å². The lowest BCUT2D eigenvalue weighted by Gasteiger charge is -2.32. The molecule has 4 rings (SSSR count). The largest absolute Gasteiger partial charge is 0.461 e. The van der Waals surface area contributed by atoms with E-state index in [-0.39, 0.29) is 24.1 Å². The van der Waals surface area contributed by atoms with Crippen molar-refractivity contribution in [2.24, 2.45) is 0 Å². The smallest absolute Gasteiger partial charge is 0.403 e. The van der Waals surface area contributed by atoms with E-state index in [4.69, 9.17) is 9.31 Å². The molecule has 4 nitrogen and oxygen atoms in total. The minimum Gasteiger partial charge on any atom is -0.403 e. The predicted molar refractivity (Wildman–Crippen MR) is 93.0 cm³/mol. The van der Waals surface area contributed by atoms with Gasteiger partial charge in [0, 0.05) is 11.2 Å². The lowest BCUT2D eigenvalue weighted by atomic mass is 9.79. The molecule has 0 spiro atoms. The minimum absolute atomic E-state index is 0.242. The Bertz CT molecular complexity index is 831. The van der Waals surface area contributed by atoms with Crippen LogP contribution in [0.25, 0.3) is 10.9 Å². The molecular weight excluding hydrogens is 344 g/mol. The van der Waals surface area contributed by atoms with Gasteiger partial charge in [-0.3, -0.25) is 4.68 Å². The predicted octanol–water partition coefficient (Wildman–Crippen LogP) is 4.55. The van der Waals surface area contributed by atoms with Crippen LogP contribution in [0.15, 0.2) is 24.4 Å². The van der Waals surface area contributed by atoms with Crippen molar-refractivity contribution in [3.63, 3.8) is 0 Å². The molecule has 140 valence electrons. The zero-order valence-corrected chi connectivity index (χ0v) is 15.3. The Morgan fingerprint density at radius 2 is 1.85 bits per heavy atom. The Balaban J connectivity index is 1.51. The highest BCUT2D eigenvalue weighted by atomic mass is 19.4. The molecule has 0 N–H and O–H groups in total. The second-order valence-corrected chi connectivity index (χ2v) is 8.37. The zero-order valence-electron chi connectivity index (χ0n) is 15.3. The molecule has 1 aliphatic carbocycles. The van der Waals surface area contributed by atoms with Crippen LogP contribution in [0.3, 0.4) is 0 Å². The third-order valence-corrected chi connectivity index (χ3v) is 5.88. The molecule has 0 bridgehead atoms. The molecular formula is C18H22BF3N2O2. The van der Waals surface area contributed by atoms with Gasteiger partial charge in [-0.25, -0.2) is 0 Å². The average Bonchev–Trinajstić information content (AvgIpc) is 3.16. The Labute approximate surface area is 150 Å². The minimum atomic E-state index is -4.28. The van der Waals surface area contributed by atoms with E-state index in [9.17, 15) is 13.2 Å². The van der Waals surface area contributed by atoms with Crippen molar-refractivity contribution in [3.8, 4) is 0 Å². The summed E-state index contributed by atoms with van der Waals surface area (Å²) in [5.41, 5.74) is 0.892. The maximum Gasteiger partial charge on any atom is 0.461 e. The normalized spacial score (nSPS) is 27.3. The average molecular weight is 366 g/mol. The van der Waals surface area contributed by atoms with Gasteiger partial charge in [0.05, 0.1) is 22.9 Å². The van der Waals surface area contributed by atoms with Gasteiger partial charge in [-0.05, 0) is 57.7 Å². The number of benzene rings is 1. The summed E-state index contributed by atoms with van der Waals surface area (Å²) in [6, 6.07) is 5.56. The molecule has 2 heterocycles. The number of halogens is 3. The van der Waals surface area contributed by atoms with Crippen LogP contribution in [0.5, 0.6) is 0 Å². The van der Waals surface area contributed by atoms with E-state index in [1.807, 2.05) is 39.8 Å². The molecule has 1 aliphatic heterocycles. The summed E-state index contributed by atoms with van der Waals surface area (Å²) in [5.74, 6) is 0.582. The summed E-state index contributed by atoms with van der Waals surface area (Å²) in [5, 5.41) is 4.61. The molecule has 2 fully saturated rings. The number of rotatable bonds is 3. The second kappa shape index (κ2) is 5.49. The van der Waals surface area contributed by atoms with Gasteiger partial charge in [0.25, 0.3) is 0 Å². The Hall–Kier alpha value is -1.54. The molecule has 0 amide bonds. The van der Waals surface area contributed by atoms with Crippen molar-refractivity contribution in [2.45, 2.75) is 69.8 Å². The van der Waals surface area contributed by atoms with Crippen molar-refractivity contribution in [2.75, 3.05) is 0 Å². The van der Waals surface area contributed by atoms with Crippen LogP contribution >= 0.6 is 0 Å². The molecule has 1 aromatic heterocycles. The van der Waals surface area contributed by atoms with Gasteiger partial charge in [0.15, 0.2) is 0 Å². The highest BCUT2D eigenvalue weighted by molar-refractivity contribution is 6.49. The van der Waals surface area contributed by atoms with Gasteiger partial charge < -0.3 is 9.31 Å².